The van der Waals surface area contributed by atoms with Gasteiger partial charge in [0.2, 0.25) is 20.0 Å². The third-order valence-electron chi connectivity index (χ3n) is 2.05. The summed E-state index contributed by atoms with van der Waals surface area (Å²) in [5.74, 6) is -1.41. The molecule has 0 saturated carbocycles. The molecule has 0 aromatic heterocycles. The van der Waals surface area contributed by atoms with E-state index in [0.717, 1.165) is 18.2 Å². The minimum atomic E-state index is -4.02. The monoisotopic (exact) mass is 307 g/mol. The predicted octanol–water partition coefficient (Wildman–Crippen LogP) is -0.736. The summed E-state index contributed by atoms with van der Waals surface area (Å²) in [4.78, 5) is -0.333. The second-order valence-corrected chi connectivity index (χ2v) is 7.02. The lowest BCUT2D eigenvalue weighted by Gasteiger charge is -2.06. The molecule has 1 aromatic rings. The summed E-state index contributed by atoms with van der Waals surface area (Å²) >= 11 is 0. The minimum absolute atomic E-state index is 0.333. The Morgan fingerprint density at radius 3 is 2.47 bits per heavy atom. The van der Waals surface area contributed by atoms with Crippen LogP contribution >= 0.6 is 0 Å². The van der Waals surface area contributed by atoms with Gasteiger partial charge in [0.25, 0.3) is 0 Å². The Balaban J connectivity index is 2.93. The Morgan fingerprint density at radius 1 is 1.32 bits per heavy atom. The molecule has 104 valence electrons. The van der Waals surface area contributed by atoms with Crippen LogP contribution in [0.3, 0.4) is 0 Å². The Hall–Kier alpha value is -1.54. The van der Waals surface area contributed by atoms with E-state index in [1.54, 1.807) is 0 Å². The largest absolute Gasteiger partial charge is 0.240 e. The zero-order valence-corrected chi connectivity index (χ0v) is 11.1. The van der Waals surface area contributed by atoms with Crippen molar-refractivity contribution in [2.75, 3.05) is 12.3 Å². The fraction of sp³-hybridized carbons (Fsp3) is 0.222. The quantitative estimate of drug-likeness (QED) is 0.740. The molecule has 0 unspecified atom stereocenters. The average Bonchev–Trinajstić information content (AvgIpc) is 2.27. The van der Waals surface area contributed by atoms with E-state index in [1.165, 1.54) is 6.07 Å². The molecule has 0 heterocycles. The number of hydrogen-bond acceptors (Lipinski definition) is 5. The molecule has 0 spiro atoms. The van der Waals surface area contributed by atoms with E-state index >= 15 is 0 Å². The summed E-state index contributed by atoms with van der Waals surface area (Å²) in [6.07, 6.45) is 0. The van der Waals surface area contributed by atoms with E-state index in [1.807, 2.05) is 4.72 Å². The van der Waals surface area contributed by atoms with Gasteiger partial charge in [-0.15, -0.1) is 0 Å². The fourth-order valence-corrected chi connectivity index (χ4v) is 2.73. The molecule has 0 atom stereocenters. The summed E-state index contributed by atoms with van der Waals surface area (Å²) in [6, 6.07) is 4.17. The number of benzene rings is 1. The third kappa shape index (κ3) is 4.56. The van der Waals surface area contributed by atoms with E-state index in [4.69, 9.17) is 10.4 Å². The molecule has 1 rings (SSSR count). The molecule has 19 heavy (non-hydrogen) atoms. The Kier molecular flexibility index (Phi) is 4.59. The molecule has 0 amide bonds. The summed E-state index contributed by atoms with van der Waals surface area (Å²) in [5.41, 5.74) is -0.422. The highest BCUT2D eigenvalue weighted by Gasteiger charge is 2.16. The first kappa shape index (κ1) is 15.5. The lowest BCUT2D eigenvalue weighted by Crippen LogP contribution is -2.31. The van der Waals surface area contributed by atoms with Gasteiger partial charge in [0.05, 0.1) is 16.2 Å². The van der Waals surface area contributed by atoms with E-state index in [0.29, 0.717) is 0 Å². The maximum absolute atomic E-state index is 13.0. The van der Waals surface area contributed by atoms with Crippen molar-refractivity contribution in [3.63, 3.8) is 0 Å². The van der Waals surface area contributed by atoms with Crippen molar-refractivity contribution in [1.29, 1.82) is 5.26 Å². The number of nitrogens with two attached hydrogens (primary N) is 1. The van der Waals surface area contributed by atoms with Crippen molar-refractivity contribution in [1.82, 2.24) is 4.72 Å². The minimum Gasteiger partial charge on any atom is -0.229 e. The van der Waals surface area contributed by atoms with Crippen LogP contribution in [0.2, 0.25) is 0 Å². The smallest absolute Gasteiger partial charge is 0.229 e. The van der Waals surface area contributed by atoms with Gasteiger partial charge < -0.3 is 0 Å². The second-order valence-electron chi connectivity index (χ2n) is 3.52. The first-order valence-corrected chi connectivity index (χ1v) is 8.05. The van der Waals surface area contributed by atoms with Gasteiger partial charge in [0, 0.05) is 6.54 Å². The van der Waals surface area contributed by atoms with Crippen LogP contribution in [0.5, 0.6) is 0 Å². The van der Waals surface area contributed by atoms with Crippen molar-refractivity contribution in [2.45, 2.75) is 4.90 Å². The van der Waals surface area contributed by atoms with Crippen LogP contribution in [0.4, 0.5) is 4.39 Å². The second kappa shape index (κ2) is 5.62. The number of primary sulfonamides is 1. The number of nitriles is 1. The Bertz CT molecular complexity index is 722. The van der Waals surface area contributed by atoms with Gasteiger partial charge in [0.1, 0.15) is 11.9 Å². The highest BCUT2D eigenvalue weighted by atomic mass is 32.2. The highest BCUT2D eigenvalue weighted by Crippen LogP contribution is 2.14. The molecular weight excluding hydrogens is 297 g/mol. The first-order valence-electron chi connectivity index (χ1n) is 4.85. The topological polar surface area (TPSA) is 130 Å². The van der Waals surface area contributed by atoms with Gasteiger partial charge in [-0.3, -0.25) is 0 Å². The SMILES string of the molecule is N#Cc1cc(S(=O)(=O)NCCS(N)(=O)=O)ccc1F. The van der Waals surface area contributed by atoms with E-state index in [2.05, 4.69) is 0 Å². The van der Waals surface area contributed by atoms with Crippen molar-refractivity contribution in [3.8, 4) is 6.07 Å². The maximum atomic E-state index is 13.0. The Labute approximate surface area is 109 Å². The van der Waals surface area contributed by atoms with Crippen LogP contribution in [0.1, 0.15) is 5.56 Å². The van der Waals surface area contributed by atoms with Crippen molar-refractivity contribution >= 4 is 20.0 Å². The summed E-state index contributed by atoms with van der Waals surface area (Å²) < 4.78 is 59.8. The lowest BCUT2D eigenvalue weighted by molar-refractivity contribution is 0.580. The lowest BCUT2D eigenvalue weighted by atomic mass is 10.2. The number of halogens is 1. The van der Waals surface area contributed by atoms with Crippen LogP contribution in [-0.4, -0.2) is 29.1 Å². The van der Waals surface area contributed by atoms with Gasteiger partial charge in [-0.25, -0.2) is 31.1 Å². The van der Waals surface area contributed by atoms with Crippen LogP contribution < -0.4 is 9.86 Å². The third-order valence-corrected chi connectivity index (χ3v) is 4.28. The van der Waals surface area contributed by atoms with E-state index < -0.39 is 43.7 Å². The van der Waals surface area contributed by atoms with Gasteiger partial charge in [-0.2, -0.15) is 5.26 Å². The number of nitrogens with zero attached hydrogens (tertiary/aromatic N) is 1. The molecule has 0 fully saturated rings. The number of hydrogen-bond donors (Lipinski definition) is 2. The van der Waals surface area contributed by atoms with Gasteiger partial charge in [-0.05, 0) is 18.2 Å². The Morgan fingerprint density at radius 2 is 1.95 bits per heavy atom. The molecule has 0 saturated heterocycles. The normalized spacial score (nSPS) is 12.1. The van der Waals surface area contributed by atoms with Crippen LogP contribution in [0.25, 0.3) is 0 Å². The van der Waals surface area contributed by atoms with E-state index in [9.17, 15) is 21.2 Å². The van der Waals surface area contributed by atoms with Crippen molar-refractivity contribution < 1.29 is 21.2 Å². The molecule has 7 nitrogen and oxygen atoms in total. The highest BCUT2D eigenvalue weighted by molar-refractivity contribution is 7.90. The fourth-order valence-electron chi connectivity index (χ4n) is 1.16. The maximum Gasteiger partial charge on any atom is 0.240 e. The molecule has 0 aliphatic rings. The molecule has 0 aliphatic carbocycles. The average molecular weight is 307 g/mol. The van der Waals surface area contributed by atoms with Gasteiger partial charge >= 0.3 is 0 Å². The van der Waals surface area contributed by atoms with Crippen molar-refractivity contribution in [3.05, 3.63) is 29.6 Å². The zero-order valence-electron chi connectivity index (χ0n) is 9.50. The standard InChI is InChI=1S/C9H10FN3O4S2/c10-9-2-1-8(5-7(9)6-11)19(16,17)13-3-4-18(12,14)15/h1-2,5,13H,3-4H2,(H2,12,14,15). The van der Waals surface area contributed by atoms with Crippen LogP contribution in [0.15, 0.2) is 23.1 Å². The number of nitrogens with one attached hydrogen (secondary N) is 1. The van der Waals surface area contributed by atoms with Crippen LogP contribution in [0, 0.1) is 17.1 Å². The predicted molar refractivity (Wildman–Crippen MR) is 64.3 cm³/mol. The molecule has 10 heteroatoms. The molecule has 0 radical (unpaired) electrons. The zero-order chi connectivity index (χ0) is 14.7. The summed E-state index contributed by atoms with van der Waals surface area (Å²) in [6.45, 7) is -0.416. The van der Waals surface area contributed by atoms with Crippen LogP contribution in [-0.2, 0) is 20.0 Å². The van der Waals surface area contributed by atoms with Crippen molar-refractivity contribution in [2.24, 2.45) is 5.14 Å². The summed E-state index contributed by atoms with van der Waals surface area (Å²) in [5, 5.41) is 13.3. The molecular formula is C9H10FN3O4S2. The summed E-state index contributed by atoms with van der Waals surface area (Å²) in [7, 11) is -7.81. The van der Waals surface area contributed by atoms with Gasteiger partial charge in [0.15, 0.2) is 0 Å². The molecule has 0 bridgehead atoms. The molecule has 3 N–H and O–H groups in total. The van der Waals surface area contributed by atoms with E-state index in [-0.39, 0.29) is 4.90 Å². The van der Waals surface area contributed by atoms with Gasteiger partial charge in [-0.1, -0.05) is 0 Å². The molecule has 1 aromatic carbocycles. The number of sulfonamides is 2. The first-order chi connectivity index (χ1) is 8.65. The molecule has 0 aliphatic heterocycles. The number of rotatable bonds is 5.